The lowest BCUT2D eigenvalue weighted by atomic mass is 10.3. The van der Waals surface area contributed by atoms with E-state index in [0.29, 0.717) is 13.1 Å². The van der Waals surface area contributed by atoms with E-state index < -0.39 is 0 Å². The lowest BCUT2D eigenvalue weighted by Gasteiger charge is -2.05. The van der Waals surface area contributed by atoms with Crippen molar-refractivity contribution in [2.75, 3.05) is 0 Å². The predicted molar refractivity (Wildman–Crippen MR) is 64.7 cm³/mol. The second-order valence-electron chi connectivity index (χ2n) is 3.76. The highest BCUT2D eigenvalue weighted by atomic mass is 35.5. The van der Waals surface area contributed by atoms with E-state index in [1.165, 1.54) is 0 Å². The molecule has 2 aromatic heterocycles. The first-order valence-corrected chi connectivity index (χ1v) is 5.92. The zero-order chi connectivity index (χ0) is 12.3. The molecular formula is C11H15ClN4O. The van der Waals surface area contributed by atoms with Crippen molar-refractivity contribution in [3.63, 3.8) is 0 Å². The Morgan fingerprint density at radius 2 is 2.29 bits per heavy atom. The van der Waals surface area contributed by atoms with Crippen LogP contribution in [0.1, 0.15) is 24.0 Å². The molecule has 17 heavy (non-hydrogen) atoms. The molecule has 2 aromatic rings. The third-order valence-corrected chi connectivity index (χ3v) is 3.03. The molecular weight excluding hydrogens is 240 g/mol. The second kappa shape index (κ2) is 5.33. The molecule has 0 aromatic carbocycles. The number of hydrogen-bond donors (Lipinski definition) is 1. The summed E-state index contributed by atoms with van der Waals surface area (Å²) in [6.07, 6.45) is 1.56. The molecule has 0 fully saturated rings. The zero-order valence-corrected chi connectivity index (χ0v) is 10.7. The van der Waals surface area contributed by atoms with E-state index in [-0.39, 0.29) is 0 Å². The zero-order valence-electron chi connectivity index (χ0n) is 9.90. The quantitative estimate of drug-likeness (QED) is 0.888. The molecule has 1 N–H and O–H groups in total. The van der Waals surface area contributed by atoms with Gasteiger partial charge in [0.25, 0.3) is 0 Å². The van der Waals surface area contributed by atoms with E-state index in [1.807, 2.05) is 24.6 Å². The Morgan fingerprint density at radius 3 is 2.94 bits per heavy atom. The van der Waals surface area contributed by atoms with Crippen LogP contribution in [0.2, 0.25) is 5.02 Å². The first-order chi connectivity index (χ1) is 8.22. The smallest absolute Gasteiger partial charge is 0.124 e. The first-order valence-electron chi connectivity index (χ1n) is 5.54. The van der Waals surface area contributed by atoms with Crippen LogP contribution >= 0.6 is 11.6 Å². The molecule has 92 valence electrons. The van der Waals surface area contributed by atoms with Crippen molar-refractivity contribution >= 4 is 11.6 Å². The summed E-state index contributed by atoms with van der Waals surface area (Å²) < 4.78 is 6.67. The molecule has 0 amide bonds. The van der Waals surface area contributed by atoms with Crippen LogP contribution in [0.5, 0.6) is 0 Å². The monoisotopic (exact) mass is 254 g/mol. The fourth-order valence-electron chi connectivity index (χ4n) is 1.68. The third kappa shape index (κ3) is 2.68. The number of halogens is 1. The molecule has 0 unspecified atom stereocenters. The molecule has 0 spiro atoms. The lowest BCUT2D eigenvalue weighted by Crippen LogP contribution is -2.16. The van der Waals surface area contributed by atoms with Gasteiger partial charge >= 0.3 is 0 Å². The van der Waals surface area contributed by atoms with Gasteiger partial charge in [-0.15, -0.1) is 0 Å². The van der Waals surface area contributed by atoms with Gasteiger partial charge in [-0.05, 0) is 13.8 Å². The molecule has 0 saturated carbocycles. The summed E-state index contributed by atoms with van der Waals surface area (Å²) in [6.45, 7) is 6.09. The summed E-state index contributed by atoms with van der Waals surface area (Å²) in [4.78, 5) is 0. The maximum absolute atomic E-state index is 6.20. The van der Waals surface area contributed by atoms with Crippen molar-refractivity contribution < 1.29 is 4.52 Å². The van der Waals surface area contributed by atoms with E-state index in [2.05, 4.69) is 15.6 Å². The van der Waals surface area contributed by atoms with Gasteiger partial charge in [0.1, 0.15) is 6.26 Å². The highest BCUT2D eigenvalue weighted by molar-refractivity contribution is 6.31. The minimum absolute atomic E-state index is 0.654. The summed E-state index contributed by atoms with van der Waals surface area (Å²) in [6, 6.07) is 1.83. The molecule has 0 radical (unpaired) electrons. The van der Waals surface area contributed by atoms with Gasteiger partial charge in [0.05, 0.1) is 22.1 Å². The van der Waals surface area contributed by atoms with Crippen LogP contribution in [-0.4, -0.2) is 14.9 Å². The van der Waals surface area contributed by atoms with E-state index in [9.17, 15) is 0 Å². The maximum Gasteiger partial charge on any atom is 0.124 e. The number of aryl methyl sites for hydroxylation is 2. The molecule has 0 aliphatic carbocycles. The molecule has 0 atom stereocenters. The molecule has 2 heterocycles. The number of hydrogen-bond acceptors (Lipinski definition) is 4. The average Bonchev–Trinajstić information content (AvgIpc) is 2.92. The number of rotatable bonds is 5. The van der Waals surface area contributed by atoms with Crippen LogP contribution in [0.25, 0.3) is 0 Å². The van der Waals surface area contributed by atoms with E-state index in [4.69, 9.17) is 16.1 Å². The largest absolute Gasteiger partial charge is 0.364 e. The molecule has 6 heteroatoms. The predicted octanol–water partition coefficient (Wildman–Crippen LogP) is 2.14. The van der Waals surface area contributed by atoms with Crippen molar-refractivity contribution in [3.8, 4) is 0 Å². The number of nitrogens with one attached hydrogen (secondary N) is 1. The van der Waals surface area contributed by atoms with Gasteiger partial charge in [-0.25, -0.2) is 0 Å². The Morgan fingerprint density at radius 1 is 1.47 bits per heavy atom. The van der Waals surface area contributed by atoms with Crippen LogP contribution < -0.4 is 5.32 Å². The summed E-state index contributed by atoms with van der Waals surface area (Å²) in [5.74, 6) is 0. The van der Waals surface area contributed by atoms with Gasteiger partial charge in [0.15, 0.2) is 0 Å². The van der Waals surface area contributed by atoms with Crippen LogP contribution in [-0.2, 0) is 19.6 Å². The Bertz CT molecular complexity index is 478. The normalized spacial score (nSPS) is 11.0. The molecule has 2 rings (SSSR count). The van der Waals surface area contributed by atoms with E-state index >= 15 is 0 Å². The van der Waals surface area contributed by atoms with Gasteiger partial charge < -0.3 is 9.84 Å². The van der Waals surface area contributed by atoms with Crippen molar-refractivity contribution in [2.24, 2.45) is 0 Å². The number of nitrogens with zero attached hydrogens (tertiary/aromatic N) is 3. The molecule has 5 nitrogen and oxygen atoms in total. The van der Waals surface area contributed by atoms with Gasteiger partial charge in [0, 0.05) is 25.7 Å². The van der Waals surface area contributed by atoms with E-state index in [0.717, 1.165) is 28.6 Å². The summed E-state index contributed by atoms with van der Waals surface area (Å²) in [5.41, 5.74) is 2.75. The Hall–Kier alpha value is -1.33. The average molecular weight is 255 g/mol. The van der Waals surface area contributed by atoms with Gasteiger partial charge in [-0.1, -0.05) is 16.8 Å². The molecule has 0 saturated heterocycles. The highest BCUT2D eigenvalue weighted by Crippen LogP contribution is 2.19. The van der Waals surface area contributed by atoms with Crippen LogP contribution in [0.4, 0.5) is 0 Å². The molecule has 0 aliphatic heterocycles. The van der Waals surface area contributed by atoms with Gasteiger partial charge in [-0.3, -0.25) is 4.68 Å². The minimum Gasteiger partial charge on any atom is -0.364 e. The highest BCUT2D eigenvalue weighted by Gasteiger charge is 2.11. The van der Waals surface area contributed by atoms with Crippen molar-refractivity contribution in [1.82, 2.24) is 20.3 Å². The Labute approximate surface area is 105 Å². The SMILES string of the molecule is CCn1nc(C)c(Cl)c1CNCc1ccon1. The van der Waals surface area contributed by atoms with Crippen molar-refractivity contribution in [3.05, 3.63) is 34.4 Å². The van der Waals surface area contributed by atoms with Crippen LogP contribution in [0.15, 0.2) is 16.9 Å². The standard InChI is InChI=1S/C11H15ClN4O/c1-3-16-10(11(12)8(2)14-16)7-13-6-9-4-5-17-15-9/h4-5,13H,3,6-7H2,1-2H3. The fraction of sp³-hybridized carbons (Fsp3) is 0.455. The van der Waals surface area contributed by atoms with Crippen molar-refractivity contribution in [1.29, 1.82) is 0 Å². The van der Waals surface area contributed by atoms with Crippen LogP contribution in [0.3, 0.4) is 0 Å². The Kier molecular flexibility index (Phi) is 3.81. The Balaban J connectivity index is 1.98. The van der Waals surface area contributed by atoms with Gasteiger partial charge in [-0.2, -0.15) is 5.10 Å². The summed E-state index contributed by atoms with van der Waals surface area (Å²) in [5, 5.41) is 12.2. The van der Waals surface area contributed by atoms with Crippen molar-refractivity contribution in [2.45, 2.75) is 33.5 Å². The summed E-state index contributed by atoms with van der Waals surface area (Å²) in [7, 11) is 0. The molecule has 0 aliphatic rings. The number of aromatic nitrogens is 3. The fourth-order valence-corrected chi connectivity index (χ4v) is 1.88. The third-order valence-electron chi connectivity index (χ3n) is 2.54. The van der Waals surface area contributed by atoms with Crippen LogP contribution in [0, 0.1) is 6.92 Å². The lowest BCUT2D eigenvalue weighted by molar-refractivity contribution is 0.408. The maximum atomic E-state index is 6.20. The first kappa shape index (κ1) is 12.1. The van der Waals surface area contributed by atoms with E-state index in [1.54, 1.807) is 6.26 Å². The minimum atomic E-state index is 0.654. The topological polar surface area (TPSA) is 55.9 Å². The molecule has 0 bridgehead atoms. The van der Waals surface area contributed by atoms with Gasteiger partial charge in [0.2, 0.25) is 0 Å². The summed E-state index contributed by atoms with van der Waals surface area (Å²) >= 11 is 6.20. The second-order valence-corrected chi connectivity index (χ2v) is 4.13.